The van der Waals surface area contributed by atoms with Crippen molar-refractivity contribution in [2.24, 2.45) is 0 Å². The first-order valence-corrected chi connectivity index (χ1v) is 7.47. The van der Waals surface area contributed by atoms with Crippen molar-refractivity contribution in [2.45, 2.75) is 0 Å². The van der Waals surface area contributed by atoms with Crippen molar-refractivity contribution in [1.29, 1.82) is 5.26 Å². The molecule has 2 aromatic carbocycles. The second kappa shape index (κ2) is 5.52. The molecule has 0 amide bonds. The van der Waals surface area contributed by atoms with Crippen LogP contribution in [0.5, 0.6) is 0 Å². The Labute approximate surface area is 138 Å². The molecule has 2 N–H and O–H groups in total. The second-order valence-electron chi connectivity index (χ2n) is 5.37. The number of pyridine rings is 1. The third-order valence-electron chi connectivity index (χ3n) is 3.86. The van der Waals surface area contributed by atoms with Gasteiger partial charge in [-0.05, 0) is 42.5 Å². The smallest absolute Gasteiger partial charge is 0.167 e. The summed E-state index contributed by atoms with van der Waals surface area (Å²) in [6.45, 7) is 0. The molecule has 0 aliphatic carbocycles. The van der Waals surface area contributed by atoms with Gasteiger partial charge in [0.15, 0.2) is 5.65 Å². The molecule has 4 aromatic rings. The number of nitrogens with zero attached hydrogens (tertiary/aromatic N) is 4. The number of aromatic nitrogens is 3. The van der Waals surface area contributed by atoms with Gasteiger partial charge in [0.1, 0.15) is 11.3 Å². The molecule has 0 aliphatic heterocycles. The predicted octanol–water partition coefficient (Wildman–Crippen LogP) is 3.54. The Morgan fingerprint density at radius 3 is 2.42 bits per heavy atom. The first-order valence-electron chi connectivity index (χ1n) is 7.47. The van der Waals surface area contributed by atoms with Crippen LogP contribution in [0.1, 0.15) is 5.56 Å². The van der Waals surface area contributed by atoms with Gasteiger partial charge in [-0.3, -0.25) is 4.57 Å². The van der Waals surface area contributed by atoms with Gasteiger partial charge in [-0.2, -0.15) is 5.26 Å². The van der Waals surface area contributed by atoms with Gasteiger partial charge in [0.05, 0.1) is 17.3 Å². The van der Waals surface area contributed by atoms with Crippen molar-refractivity contribution in [3.05, 3.63) is 72.4 Å². The highest BCUT2D eigenvalue weighted by molar-refractivity contribution is 5.88. The molecule has 0 radical (unpaired) electrons. The third kappa shape index (κ3) is 2.18. The minimum absolute atomic E-state index is 0.588. The number of hydrogen-bond acceptors (Lipinski definition) is 4. The highest BCUT2D eigenvalue weighted by Crippen LogP contribution is 2.29. The quantitative estimate of drug-likeness (QED) is 0.614. The van der Waals surface area contributed by atoms with E-state index in [1.807, 2.05) is 47.0 Å². The number of nitriles is 1. The van der Waals surface area contributed by atoms with E-state index in [2.05, 4.69) is 11.1 Å². The molecule has 2 aromatic heterocycles. The number of nitrogen functional groups attached to an aromatic ring is 1. The molecule has 0 saturated heterocycles. The summed E-state index contributed by atoms with van der Waals surface area (Å²) in [4.78, 5) is 9.17. The molecule has 2 heterocycles. The molecule has 24 heavy (non-hydrogen) atoms. The number of nitrogens with two attached hydrogens (primary N) is 1. The zero-order valence-corrected chi connectivity index (χ0v) is 12.7. The maximum atomic E-state index is 8.99. The van der Waals surface area contributed by atoms with Crippen LogP contribution >= 0.6 is 0 Å². The van der Waals surface area contributed by atoms with Gasteiger partial charge < -0.3 is 5.73 Å². The number of rotatable bonds is 2. The Kier molecular flexibility index (Phi) is 3.22. The number of imidazole rings is 1. The summed E-state index contributed by atoms with van der Waals surface area (Å²) in [5, 5.41) is 8.99. The van der Waals surface area contributed by atoms with E-state index in [1.165, 1.54) is 0 Å². The van der Waals surface area contributed by atoms with Crippen LogP contribution in [0, 0.1) is 11.3 Å². The number of anilines is 1. The molecule has 0 unspecified atom stereocenters. The summed E-state index contributed by atoms with van der Waals surface area (Å²) in [5.74, 6) is 0.742. The molecular formula is C19H13N5. The Balaban J connectivity index is 2.04. The second-order valence-corrected chi connectivity index (χ2v) is 5.37. The van der Waals surface area contributed by atoms with Gasteiger partial charge in [-0.1, -0.05) is 18.2 Å². The van der Waals surface area contributed by atoms with Crippen LogP contribution in [-0.4, -0.2) is 14.5 Å². The molecule has 0 aliphatic rings. The lowest BCUT2D eigenvalue weighted by Gasteiger charge is -2.08. The van der Waals surface area contributed by atoms with E-state index in [0.29, 0.717) is 22.4 Å². The summed E-state index contributed by atoms with van der Waals surface area (Å²) >= 11 is 0. The van der Waals surface area contributed by atoms with Gasteiger partial charge in [-0.15, -0.1) is 0 Å². The van der Waals surface area contributed by atoms with E-state index >= 15 is 0 Å². The fourth-order valence-corrected chi connectivity index (χ4v) is 2.70. The number of fused-ring (bicyclic) bond motifs is 1. The van der Waals surface area contributed by atoms with E-state index in [1.54, 1.807) is 24.4 Å². The standard InChI is InChI=1S/C19H13N5/c20-12-13-6-8-14(9-7-13)18-23-17-16(21)10-11-22-19(17)24(18)15-4-2-1-3-5-15/h1-11H,(H2,21,22). The Bertz CT molecular complexity index is 1060. The average Bonchev–Trinajstić information content (AvgIpc) is 3.03. The van der Waals surface area contributed by atoms with Crippen LogP contribution < -0.4 is 5.73 Å². The fraction of sp³-hybridized carbons (Fsp3) is 0. The lowest BCUT2D eigenvalue weighted by Crippen LogP contribution is -1.98. The van der Waals surface area contributed by atoms with Crippen molar-refractivity contribution in [1.82, 2.24) is 14.5 Å². The van der Waals surface area contributed by atoms with E-state index in [4.69, 9.17) is 16.0 Å². The van der Waals surface area contributed by atoms with Crippen molar-refractivity contribution in [3.63, 3.8) is 0 Å². The molecule has 0 fully saturated rings. The number of para-hydroxylation sites is 1. The summed E-state index contributed by atoms with van der Waals surface area (Å²) in [7, 11) is 0. The third-order valence-corrected chi connectivity index (χ3v) is 3.86. The monoisotopic (exact) mass is 311 g/mol. The molecule has 4 rings (SSSR count). The number of hydrogen-bond donors (Lipinski definition) is 1. The molecule has 5 nitrogen and oxygen atoms in total. The fourth-order valence-electron chi connectivity index (χ4n) is 2.70. The van der Waals surface area contributed by atoms with Crippen LogP contribution in [-0.2, 0) is 0 Å². The Morgan fingerprint density at radius 1 is 0.958 bits per heavy atom. The van der Waals surface area contributed by atoms with Crippen molar-refractivity contribution >= 4 is 16.9 Å². The van der Waals surface area contributed by atoms with Crippen LogP contribution in [0.15, 0.2) is 66.9 Å². The maximum absolute atomic E-state index is 8.99. The minimum atomic E-state index is 0.588. The minimum Gasteiger partial charge on any atom is -0.397 e. The van der Waals surface area contributed by atoms with Gasteiger partial charge in [0.25, 0.3) is 0 Å². The van der Waals surface area contributed by atoms with Crippen LogP contribution in [0.25, 0.3) is 28.2 Å². The maximum Gasteiger partial charge on any atom is 0.167 e. The molecule has 5 heteroatoms. The van der Waals surface area contributed by atoms with E-state index in [-0.39, 0.29) is 0 Å². The van der Waals surface area contributed by atoms with Crippen LogP contribution in [0.2, 0.25) is 0 Å². The zero-order chi connectivity index (χ0) is 16.5. The van der Waals surface area contributed by atoms with Crippen LogP contribution in [0.3, 0.4) is 0 Å². The SMILES string of the molecule is N#Cc1ccc(-c2nc3c(N)ccnc3n2-c2ccccc2)cc1. The molecular weight excluding hydrogens is 298 g/mol. The zero-order valence-electron chi connectivity index (χ0n) is 12.7. The predicted molar refractivity (Wildman–Crippen MR) is 93.4 cm³/mol. The molecule has 0 atom stereocenters. The first kappa shape index (κ1) is 14.0. The summed E-state index contributed by atoms with van der Waals surface area (Å²) in [5.41, 5.74) is 10.5. The van der Waals surface area contributed by atoms with E-state index in [9.17, 15) is 0 Å². The van der Waals surface area contributed by atoms with Gasteiger partial charge >= 0.3 is 0 Å². The van der Waals surface area contributed by atoms with Gasteiger partial charge in [0, 0.05) is 17.4 Å². The summed E-state index contributed by atoms with van der Waals surface area (Å²) in [6.07, 6.45) is 1.68. The molecule has 114 valence electrons. The Morgan fingerprint density at radius 2 is 1.71 bits per heavy atom. The molecule has 0 bridgehead atoms. The van der Waals surface area contributed by atoms with Gasteiger partial charge in [-0.25, -0.2) is 9.97 Å². The normalized spacial score (nSPS) is 10.6. The van der Waals surface area contributed by atoms with Crippen molar-refractivity contribution in [2.75, 3.05) is 5.73 Å². The lowest BCUT2D eigenvalue weighted by atomic mass is 10.1. The highest BCUT2D eigenvalue weighted by Gasteiger charge is 2.16. The largest absolute Gasteiger partial charge is 0.397 e. The van der Waals surface area contributed by atoms with Crippen molar-refractivity contribution in [3.8, 4) is 23.1 Å². The summed E-state index contributed by atoms with van der Waals surface area (Å²) in [6, 6.07) is 21.1. The topological polar surface area (TPSA) is 80.5 Å². The van der Waals surface area contributed by atoms with Crippen molar-refractivity contribution < 1.29 is 0 Å². The molecule has 0 saturated carbocycles. The highest BCUT2D eigenvalue weighted by atomic mass is 15.1. The average molecular weight is 311 g/mol. The number of benzene rings is 2. The Hall–Kier alpha value is -3.65. The first-order chi connectivity index (χ1) is 11.8. The lowest BCUT2D eigenvalue weighted by molar-refractivity contribution is 1.08. The van der Waals surface area contributed by atoms with Crippen LogP contribution in [0.4, 0.5) is 5.69 Å². The van der Waals surface area contributed by atoms with E-state index < -0.39 is 0 Å². The van der Waals surface area contributed by atoms with E-state index in [0.717, 1.165) is 17.1 Å². The van der Waals surface area contributed by atoms with Gasteiger partial charge in [0.2, 0.25) is 0 Å². The molecule has 0 spiro atoms. The summed E-state index contributed by atoms with van der Waals surface area (Å²) < 4.78 is 1.98.